The summed E-state index contributed by atoms with van der Waals surface area (Å²) >= 11 is 0. The van der Waals surface area contributed by atoms with E-state index in [1.54, 1.807) is 48.5 Å². The molecule has 3 aromatic carbocycles. The Labute approximate surface area is 208 Å². The Morgan fingerprint density at radius 2 is 1.50 bits per heavy atom. The first kappa shape index (κ1) is 26.0. The Kier molecular flexibility index (Phi) is 9.16. The van der Waals surface area contributed by atoms with Gasteiger partial charge in [0.1, 0.15) is 12.3 Å². The minimum atomic E-state index is -0.783. The molecule has 186 valence electrons. The highest BCUT2D eigenvalue weighted by Gasteiger charge is 2.17. The first-order valence-electron chi connectivity index (χ1n) is 11.2. The number of carbonyl (C=O) groups is 4. The summed E-state index contributed by atoms with van der Waals surface area (Å²) in [4.78, 5) is 49.2. The predicted molar refractivity (Wildman–Crippen MR) is 134 cm³/mol. The molecule has 0 bridgehead atoms. The number of rotatable bonds is 10. The fourth-order valence-corrected chi connectivity index (χ4v) is 3.27. The van der Waals surface area contributed by atoms with Crippen molar-refractivity contribution in [2.24, 2.45) is 0 Å². The van der Waals surface area contributed by atoms with Crippen LogP contribution < -0.4 is 20.7 Å². The van der Waals surface area contributed by atoms with E-state index in [2.05, 4.69) is 16.0 Å². The normalized spacial score (nSPS) is 11.1. The van der Waals surface area contributed by atoms with Gasteiger partial charge < -0.3 is 25.4 Å². The van der Waals surface area contributed by atoms with Gasteiger partial charge in [-0.3, -0.25) is 19.2 Å². The highest BCUT2D eigenvalue weighted by atomic mass is 16.5. The molecule has 1 atom stereocenters. The molecule has 1 unspecified atom stereocenters. The van der Waals surface area contributed by atoms with Gasteiger partial charge in [-0.05, 0) is 48.9 Å². The van der Waals surface area contributed by atoms with Gasteiger partial charge in [-0.25, -0.2) is 0 Å². The summed E-state index contributed by atoms with van der Waals surface area (Å²) in [6.07, 6.45) is 0. The van der Waals surface area contributed by atoms with Crippen LogP contribution in [-0.4, -0.2) is 44.0 Å². The Morgan fingerprint density at radius 1 is 0.833 bits per heavy atom. The molecule has 36 heavy (non-hydrogen) atoms. The van der Waals surface area contributed by atoms with Gasteiger partial charge >= 0.3 is 5.97 Å². The average Bonchev–Trinajstić information content (AvgIpc) is 2.91. The maximum Gasteiger partial charge on any atom is 0.325 e. The van der Waals surface area contributed by atoms with E-state index < -0.39 is 30.9 Å². The minimum absolute atomic E-state index is 0.239. The molecule has 0 saturated carbocycles. The second-order valence-corrected chi connectivity index (χ2v) is 7.77. The Morgan fingerprint density at radius 3 is 2.19 bits per heavy atom. The average molecular weight is 490 g/mol. The van der Waals surface area contributed by atoms with Gasteiger partial charge in [-0.1, -0.05) is 42.5 Å². The van der Waals surface area contributed by atoms with E-state index in [1.807, 2.05) is 37.3 Å². The molecule has 0 spiro atoms. The molecular weight excluding hydrogens is 462 g/mol. The van der Waals surface area contributed by atoms with Gasteiger partial charge in [0, 0.05) is 5.56 Å². The minimum Gasteiger partial charge on any atom is -0.497 e. The molecule has 0 aliphatic carbocycles. The SMILES string of the molecule is COc1ccc(C(=O)NCC(=O)OCC(=O)Nc2ccccc2C(=O)NC(C)c2ccccc2)cc1. The third-order valence-corrected chi connectivity index (χ3v) is 5.20. The van der Waals surface area contributed by atoms with Gasteiger partial charge in [0.25, 0.3) is 17.7 Å². The lowest BCUT2D eigenvalue weighted by atomic mass is 10.1. The van der Waals surface area contributed by atoms with E-state index in [9.17, 15) is 19.2 Å². The van der Waals surface area contributed by atoms with Crippen LogP contribution in [0.15, 0.2) is 78.9 Å². The van der Waals surface area contributed by atoms with Crippen LogP contribution in [0.4, 0.5) is 5.69 Å². The number of methoxy groups -OCH3 is 1. The van der Waals surface area contributed by atoms with Gasteiger partial charge in [-0.15, -0.1) is 0 Å². The van der Waals surface area contributed by atoms with Crippen molar-refractivity contribution >= 4 is 29.4 Å². The standard InChI is InChI=1S/C27H27N3O6/c1-18(19-8-4-3-5-9-19)29-27(34)22-10-6-7-11-23(22)30-24(31)17-36-25(32)16-28-26(33)20-12-14-21(35-2)15-13-20/h3-15,18H,16-17H2,1-2H3,(H,28,33)(H,29,34)(H,30,31). The Bertz CT molecular complexity index is 1210. The zero-order valence-corrected chi connectivity index (χ0v) is 19.9. The van der Waals surface area contributed by atoms with Crippen molar-refractivity contribution in [3.8, 4) is 5.75 Å². The number of para-hydroxylation sites is 1. The first-order chi connectivity index (χ1) is 17.4. The number of ether oxygens (including phenoxy) is 2. The number of carbonyl (C=O) groups excluding carboxylic acids is 4. The third-order valence-electron chi connectivity index (χ3n) is 5.20. The molecule has 3 amide bonds. The van der Waals surface area contributed by atoms with Crippen molar-refractivity contribution in [2.75, 3.05) is 25.6 Å². The van der Waals surface area contributed by atoms with Crippen LogP contribution in [0.25, 0.3) is 0 Å². The summed E-state index contributed by atoms with van der Waals surface area (Å²) in [6, 6.07) is 22.1. The summed E-state index contributed by atoms with van der Waals surface area (Å²) in [5.41, 5.74) is 1.84. The van der Waals surface area contributed by atoms with Crippen LogP contribution in [0.2, 0.25) is 0 Å². The fraction of sp³-hybridized carbons (Fsp3) is 0.185. The quantitative estimate of drug-likeness (QED) is 0.376. The summed E-state index contributed by atoms with van der Waals surface area (Å²) < 4.78 is 9.97. The van der Waals surface area contributed by atoms with Gasteiger partial charge in [0.2, 0.25) is 0 Å². The van der Waals surface area contributed by atoms with Crippen LogP contribution in [0.5, 0.6) is 5.75 Å². The van der Waals surface area contributed by atoms with Crippen molar-refractivity contribution in [1.82, 2.24) is 10.6 Å². The molecule has 0 aliphatic rings. The predicted octanol–water partition coefficient (Wildman–Crippen LogP) is 3.10. The highest BCUT2D eigenvalue weighted by Crippen LogP contribution is 2.18. The monoisotopic (exact) mass is 489 g/mol. The molecule has 0 fully saturated rings. The zero-order chi connectivity index (χ0) is 25.9. The summed E-state index contributed by atoms with van der Waals surface area (Å²) in [5, 5.41) is 7.91. The van der Waals surface area contributed by atoms with Crippen molar-refractivity contribution in [2.45, 2.75) is 13.0 Å². The second kappa shape index (κ2) is 12.7. The van der Waals surface area contributed by atoms with Crippen molar-refractivity contribution in [3.63, 3.8) is 0 Å². The molecule has 3 aromatic rings. The highest BCUT2D eigenvalue weighted by molar-refractivity contribution is 6.04. The molecule has 0 heterocycles. The lowest BCUT2D eigenvalue weighted by molar-refractivity contribution is -0.146. The molecule has 9 heteroatoms. The maximum absolute atomic E-state index is 12.8. The van der Waals surface area contributed by atoms with E-state index in [1.165, 1.54) is 7.11 Å². The number of nitrogens with one attached hydrogen (secondary N) is 3. The number of hydrogen-bond donors (Lipinski definition) is 3. The maximum atomic E-state index is 12.8. The van der Waals surface area contributed by atoms with Crippen molar-refractivity contribution in [1.29, 1.82) is 0 Å². The van der Waals surface area contributed by atoms with E-state index in [4.69, 9.17) is 9.47 Å². The van der Waals surface area contributed by atoms with Gasteiger partial charge in [0.05, 0.1) is 24.4 Å². The Balaban J connectivity index is 1.48. The number of esters is 1. The molecule has 0 radical (unpaired) electrons. The lowest BCUT2D eigenvalue weighted by Gasteiger charge is -2.16. The van der Waals surface area contributed by atoms with E-state index in [0.29, 0.717) is 11.3 Å². The van der Waals surface area contributed by atoms with Gasteiger partial charge in [0.15, 0.2) is 6.61 Å². The molecule has 0 aliphatic heterocycles. The largest absolute Gasteiger partial charge is 0.497 e. The van der Waals surface area contributed by atoms with Crippen molar-refractivity contribution in [3.05, 3.63) is 95.6 Å². The first-order valence-corrected chi connectivity index (χ1v) is 11.2. The zero-order valence-electron chi connectivity index (χ0n) is 19.9. The number of amides is 3. The third kappa shape index (κ3) is 7.42. The molecule has 0 aromatic heterocycles. The van der Waals surface area contributed by atoms with E-state index in [0.717, 1.165) is 5.56 Å². The van der Waals surface area contributed by atoms with Crippen LogP contribution >= 0.6 is 0 Å². The van der Waals surface area contributed by atoms with E-state index >= 15 is 0 Å². The van der Waals surface area contributed by atoms with Crippen molar-refractivity contribution < 1.29 is 28.7 Å². The molecule has 3 rings (SSSR count). The van der Waals surface area contributed by atoms with Crippen LogP contribution in [-0.2, 0) is 14.3 Å². The molecule has 0 saturated heterocycles. The topological polar surface area (TPSA) is 123 Å². The molecule has 3 N–H and O–H groups in total. The van der Waals surface area contributed by atoms with Crippen LogP contribution in [0.1, 0.15) is 39.2 Å². The van der Waals surface area contributed by atoms with Crippen LogP contribution in [0, 0.1) is 0 Å². The summed E-state index contributed by atoms with van der Waals surface area (Å²) in [7, 11) is 1.51. The second-order valence-electron chi connectivity index (χ2n) is 7.77. The lowest BCUT2D eigenvalue weighted by Crippen LogP contribution is -2.32. The van der Waals surface area contributed by atoms with Gasteiger partial charge in [-0.2, -0.15) is 0 Å². The summed E-state index contributed by atoms with van der Waals surface area (Å²) in [6.45, 7) is 0.878. The van der Waals surface area contributed by atoms with Crippen LogP contribution in [0.3, 0.4) is 0 Å². The smallest absolute Gasteiger partial charge is 0.325 e. The Hall–Kier alpha value is -4.66. The molecule has 9 nitrogen and oxygen atoms in total. The number of hydrogen-bond acceptors (Lipinski definition) is 6. The molecular formula is C27H27N3O6. The number of anilines is 1. The number of benzene rings is 3. The fourth-order valence-electron chi connectivity index (χ4n) is 3.27. The van der Waals surface area contributed by atoms with E-state index in [-0.39, 0.29) is 23.2 Å². The summed E-state index contributed by atoms with van der Waals surface area (Å²) in [5.74, 6) is -1.64.